The number of benzene rings is 1. The molecule has 3 aromatic rings. The fourth-order valence-corrected chi connectivity index (χ4v) is 4.50. The molecule has 0 unspecified atom stereocenters. The summed E-state index contributed by atoms with van der Waals surface area (Å²) in [4.78, 5) is 14.3. The molecule has 7 heteroatoms. The first kappa shape index (κ1) is 18.7. The number of nitrogens with zero attached hydrogens (tertiary/aromatic N) is 2. The van der Waals surface area contributed by atoms with Gasteiger partial charge in [0.1, 0.15) is 11.3 Å². The van der Waals surface area contributed by atoms with E-state index in [1.807, 2.05) is 41.2 Å². The van der Waals surface area contributed by atoms with Gasteiger partial charge < -0.3 is 15.4 Å². The van der Waals surface area contributed by atoms with Gasteiger partial charge in [0.15, 0.2) is 0 Å². The Labute approximate surface area is 168 Å². The minimum atomic E-state index is -0.606. The number of aromatic nitrogens is 2. The lowest BCUT2D eigenvalue weighted by Crippen LogP contribution is -2.54. The highest BCUT2D eigenvalue weighted by atomic mass is 32.1. The van der Waals surface area contributed by atoms with E-state index < -0.39 is 5.54 Å². The van der Waals surface area contributed by atoms with Crippen LogP contribution in [0, 0.1) is 0 Å². The fourth-order valence-electron chi connectivity index (χ4n) is 3.66. The van der Waals surface area contributed by atoms with E-state index in [0.717, 1.165) is 47.7 Å². The highest BCUT2D eigenvalue weighted by molar-refractivity contribution is 7.10. The quantitative estimate of drug-likeness (QED) is 0.672. The predicted octanol–water partition coefficient (Wildman–Crippen LogP) is 3.02. The lowest BCUT2D eigenvalue weighted by Gasteiger charge is -2.36. The molecule has 4 rings (SSSR count). The van der Waals surface area contributed by atoms with E-state index in [9.17, 15) is 4.79 Å². The first-order chi connectivity index (χ1) is 13.7. The van der Waals surface area contributed by atoms with Crippen molar-refractivity contribution in [1.82, 2.24) is 20.4 Å². The van der Waals surface area contributed by atoms with E-state index in [1.54, 1.807) is 24.6 Å². The van der Waals surface area contributed by atoms with E-state index in [4.69, 9.17) is 4.74 Å². The molecule has 0 bridgehead atoms. The topological polar surface area (TPSA) is 68.2 Å². The highest BCUT2D eigenvalue weighted by Crippen LogP contribution is 2.29. The van der Waals surface area contributed by atoms with Gasteiger partial charge in [-0.25, -0.2) is 0 Å². The summed E-state index contributed by atoms with van der Waals surface area (Å²) >= 11 is 1.66. The maximum Gasteiger partial charge on any atom is 0.248 e. The third-order valence-corrected chi connectivity index (χ3v) is 6.23. The van der Waals surface area contributed by atoms with Crippen LogP contribution in [0.2, 0.25) is 0 Å². The number of ether oxygens (including phenoxy) is 1. The number of piperidine rings is 1. The number of nitrogens with one attached hydrogen (secondary N) is 2. The second-order valence-corrected chi connectivity index (χ2v) is 7.94. The van der Waals surface area contributed by atoms with Crippen LogP contribution in [0.3, 0.4) is 0 Å². The lowest BCUT2D eigenvalue weighted by molar-refractivity contribution is -0.132. The first-order valence-corrected chi connectivity index (χ1v) is 10.3. The van der Waals surface area contributed by atoms with Crippen LogP contribution in [0.4, 0.5) is 0 Å². The van der Waals surface area contributed by atoms with Crippen LogP contribution >= 0.6 is 11.3 Å². The fraction of sp³-hybridized carbons (Fsp3) is 0.333. The van der Waals surface area contributed by atoms with Gasteiger partial charge in [-0.2, -0.15) is 5.10 Å². The number of amides is 1. The van der Waals surface area contributed by atoms with Crippen molar-refractivity contribution in [2.75, 3.05) is 20.2 Å². The molecule has 3 heterocycles. The zero-order chi connectivity index (χ0) is 19.4. The van der Waals surface area contributed by atoms with Crippen molar-refractivity contribution in [3.63, 3.8) is 0 Å². The van der Waals surface area contributed by atoms with E-state index in [2.05, 4.69) is 27.2 Å². The van der Waals surface area contributed by atoms with Crippen LogP contribution < -0.4 is 15.4 Å². The summed E-state index contributed by atoms with van der Waals surface area (Å²) in [6, 6.07) is 12.0. The lowest BCUT2D eigenvalue weighted by atomic mass is 9.87. The van der Waals surface area contributed by atoms with Gasteiger partial charge >= 0.3 is 0 Å². The minimum absolute atomic E-state index is 0.0390. The zero-order valence-electron chi connectivity index (χ0n) is 15.9. The van der Waals surface area contributed by atoms with Gasteiger partial charge in [-0.1, -0.05) is 12.1 Å². The van der Waals surface area contributed by atoms with Gasteiger partial charge in [0.05, 0.1) is 13.7 Å². The van der Waals surface area contributed by atoms with Gasteiger partial charge in [-0.3, -0.25) is 9.48 Å². The Kier molecular flexibility index (Phi) is 5.45. The Morgan fingerprint density at radius 1 is 1.29 bits per heavy atom. The molecule has 1 aromatic carbocycles. The van der Waals surface area contributed by atoms with Gasteiger partial charge in [0.2, 0.25) is 5.91 Å². The molecule has 1 aliphatic heterocycles. The second kappa shape index (κ2) is 8.16. The van der Waals surface area contributed by atoms with Gasteiger partial charge in [-0.05, 0) is 66.7 Å². The number of methoxy groups -OCH3 is 1. The second-order valence-electron chi connectivity index (χ2n) is 6.95. The highest BCUT2D eigenvalue weighted by Gasteiger charge is 2.41. The molecule has 6 nitrogen and oxygen atoms in total. The van der Waals surface area contributed by atoms with E-state index >= 15 is 0 Å². The summed E-state index contributed by atoms with van der Waals surface area (Å²) in [5.74, 6) is 0.884. The minimum Gasteiger partial charge on any atom is -0.497 e. The number of thiophene rings is 1. The maximum atomic E-state index is 13.1. The van der Waals surface area contributed by atoms with E-state index in [0.29, 0.717) is 6.54 Å². The molecule has 0 saturated carbocycles. The van der Waals surface area contributed by atoms with Gasteiger partial charge in [0.25, 0.3) is 0 Å². The van der Waals surface area contributed by atoms with Crippen molar-refractivity contribution >= 4 is 17.2 Å². The Bertz CT molecular complexity index is 912. The van der Waals surface area contributed by atoms with Crippen LogP contribution in [-0.4, -0.2) is 35.9 Å². The maximum absolute atomic E-state index is 13.1. The summed E-state index contributed by atoms with van der Waals surface area (Å²) in [7, 11) is 1.67. The van der Waals surface area contributed by atoms with Crippen molar-refractivity contribution in [3.05, 3.63) is 59.0 Å². The van der Waals surface area contributed by atoms with Gasteiger partial charge in [-0.15, -0.1) is 11.3 Å². The normalized spacial score (nSPS) is 15.9. The van der Waals surface area contributed by atoms with Crippen LogP contribution in [0.1, 0.15) is 17.7 Å². The number of hydrogen-bond acceptors (Lipinski definition) is 5. The third kappa shape index (κ3) is 3.68. The summed E-state index contributed by atoms with van der Waals surface area (Å²) in [5, 5.41) is 13.0. The average molecular weight is 397 g/mol. The number of rotatable bonds is 6. The SMILES string of the molecule is COc1ccc(-c2csc(CNC(=O)C3(n4cccn4)CCNCC3)c2)cc1. The first-order valence-electron chi connectivity index (χ1n) is 9.42. The molecule has 0 aliphatic carbocycles. The molecular weight excluding hydrogens is 372 g/mol. The van der Waals surface area contributed by atoms with Crippen molar-refractivity contribution in [3.8, 4) is 16.9 Å². The molecule has 0 spiro atoms. The molecule has 1 aliphatic rings. The number of carbonyl (C=O) groups is 1. The molecule has 1 amide bonds. The van der Waals surface area contributed by atoms with Crippen molar-refractivity contribution < 1.29 is 9.53 Å². The van der Waals surface area contributed by atoms with E-state index in [-0.39, 0.29) is 5.91 Å². The molecule has 146 valence electrons. The molecular formula is C21H24N4O2S. The number of carbonyl (C=O) groups excluding carboxylic acids is 1. The van der Waals surface area contributed by atoms with Gasteiger partial charge in [0, 0.05) is 17.3 Å². The van der Waals surface area contributed by atoms with Crippen LogP contribution in [0.15, 0.2) is 54.2 Å². The Balaban J connectivity index is 1.45. The largest absolute Gasteiger partial charge is 0.497 e. The summed E-state index contributed by atoms with van der Waals surface area (Å²) in [6.07, 6.45) is 5.10. The van der Waals surface area contributed by atoms with Crippen LogP contribution in [0.5, 0.6) is 5.75 Å². The van der Waals surface area contributed by atoms with E-state index in [1.165, 1.54) is 0 Å². The molecule has 2 aromatic heterocycles. The number of hydrogen-bond donors (Lipinski definition) is 2. The molecule has 0 radical (unpaired) electrons. The smallest absolute Gasteiger partial charge is 0.248 e. The summed E-state index contributed by atoms with van der Waals surface area (Å²) in [6.45, 7) is 2.15. The zero-order valence-corrected chi connectivity index (χ0v) is 16.7. The molecule has 0 atom stereocenters. The van der Waals surface area contributed by atoms with Crippen LogP contribution in [-0.2, 0) is 16.9 Å². The predicted molar refractivity (Wildman–Crippen MR) is 110 cm³/mol. The molecule has 1 saturated heterocycles. The Hall–Kier alpha value is -2.64. The molecule has 1 fully saturated rings. The van der Waals surface area contributed by atoms with Crippen molar-refractivity contribution in [2.24, 2.45) is 0 Å². The van der Waals surface area contributed by atoms with Crippen molar-refractivity contribution in [1.29, 1.82) is 0 Å². The standard InChI is InChI=1S/C21H24N4O2S/c1-27-18-5-3-16(4-6-18)17-13-19(28-15-17)14-23-20(26)21(7-10-22-11-8-21)25-12-2-9-24-25/h2-6,9,12-13,15,22H,7-8,10-11,14H2,1H3,(H,23,26). The monoisotopic (exact) mass is 396 g/mol. The van der Waals surface area contributed by atoms with Crippen molar-refractivity contribution in [2.45, 2.75) is 24.9 Å². The molecule has 2 N–H and O–H groups in total. The molecule has 28 heavy (non-hydrogen) atoms. The third-order valence-electron chi connectivity index (χ3n) is 5.30. The van der Waals surface area contributed by atoms with Crippen LogP contribution in [0.25, 0.3) is 11.1 Å². The summed E-state index contributed by atoms with van der Waals surface area (Å²) in [5.41, 5.74) is 1.69. The Morgan fingerprint density at radius 3 is 2.75 bits per heavy atom. The Morgan fingerprint density at radius 2 is 2.07 bits per heavy atom. The average Bonchev–Trinajstić information content (AvgIpc) is 3.45. The summed E-state index contributed by atoms with van der Waals surface area (Å²) < 4.78 is 7.04.